The highest BCUT2D eigenvalue weighted by Crippen LogP contribution is 2.08. The number of hydrogen-bond donors (Lipinski definition) is 2. The summed E-state index contributed by atoms with van der Waals surface area (Å²) < 4.78 is 0. The number of carbonyl (C=O) groups is 3. The summed E-state index contributed by atoms with van der Waals surface area (Å²) >= 11 is 0. The van der Waals surface area contributed by atoms with Gasteiger partial charge in [0.1, 0.15) is 12.2 Å². The molecule has 2 amide bonds. The van der Waals surface area contributed by atoms with E-state index >= 15 is 0 Å². The van der Waals surface area contributed by atoms with E-state index in [0.717, 1.165) is 0 Å². The van der Waals surface area contributed by atoms with Crippen molar-refractivity contribution < 1.29 is 19.5 Å². The molecule has 0 radical (unpaired) electrons. The molecule has 1 aromatic heterocycles. The first-order valence-electron chi connectivity index (χ1n) is 6.07. The van der Waals surface area contributed by atoms with Gasteiger partial charge in [-0.1, -0.05) is 0 Å². The molecule has 0 bridgehead atoms. The Balaban J connectivity index is 2.95. The Bertz CT molecular complexity index is 511. The van der Waals surface area contributed by atoms with Crippen LogP contribution in [0.1, 0.15) is 34.7 Å². The Morgan fingerprint density at radius 3 is 2.40 bits per heavy atom. The second-order valence-corrected chi connectivity index (χ2v) is 4.43. The molecule has 0 aliphatic rings. The van der Waals surface area contributed by atoms with Crippen LogP contribution < -0.4 is 5.32 Å². The number of carboxylic acids is 1. The van der Waals surface area contributed by atoms with Crippen molar-refractivity contribution in [2.45, 2.75) is 19.9 Å². The number of aliphatic carboxylic acids is 1. The van der Waals surface area contributed by atoms with Crippen molar-refractivity contribution >= 4 is 17.8 Å². The van der Waals surface area contributed by atoms with Gasteiger partial charge in [0.15, 0.2) is 0 Å². The Kier molecular flexibility index (Phi) is 5.19. The molecular weight excluding hydrogens is 262 g/mol. The molecule has 0 aliphatic carbocycles. The lowest BCUT2D eigenvalue weighted by molar-refractivity contribution is -0.138. The lowest BCUT2D eigenvalue weighted by Gasteiger charge is -2.24. The number of carboxylic acid groups (broad SMARTS) is 1. The number of rotatable bonds is 5. The first-order valence-corrected chi connectivity index (χ1v) is 6.07. The van der Waals surface area contributed by atoms with E-state index in [1.54, 1.807) is 13.8 Å². The molecule has 1 rings (SSSR count). The van der Waals surface area contributed by atoms with Crippen molar-refractivity contribution in [2.75, 3.05) is 13.6 Å². The SMILES string of the molecule is CNC(=O)c1ccc(C(=O)N(CC(=O)O)C(C)C)cn1. The molecule has 7 heteroatoms. The largest absolute Gasteiger partial charge is 0.480 e. The number of carbonyl (C=O) groups excluding carboxylic acids is 2. The zero-order valence-electron chi connectivity index (χ0n) is 11.6. The average Bonchev–Trinajstić information content (AvgIpc) is 2.43. The van der Waals surface area contributed by atoms with Crippen molar-refractivity contribution in [1.82, 2.24) is 15.2 Å². The highest BCUT2D eigenvalue weighted by atomic mass is 16.4. The lowest BCUT2D eigenvalue weighted by atomic mass is 10.2. The van der Waals surface area contributed by atoms with E-state index in [1.165, 1.54) is 30.3 Å². The fraction of sp³-hybridized carbons (Fsp3) is 0.385. The molecule has 0 unspecified atom stereocenters. The van der Waals surface area contributed by atoms with Crippen LogP contribution in [0.2, 0.25) is 0 Å². The predicted octanol–water partition coefficient (Wildman–Crippen LogP) is 0.376. The van der Waals surface area contributed by atoms with Crippen molar-refractivity contribution in [3.8, 4) is 0 Å². The monoisotopic (exact) mass is 279 g/mol. The van der Waals surface area contributed by atoms with Gasteiger partial charge in [0, 0.05) is 19.3 Å². The third-order valence-electron chi connectivity index (χ3n) is 2.66. The number of amides is 2. The standard InChI is InChI=1S/C13H17N3O4/c1-8(2)16(7-11(17)18)13(20)9-4-5-10(15-6-9)12(19)14-3/h4-6,8H,7H2,1-3H3,(H,14,19)(H,17,18). The van der Waals surface area contributed by atoms with Gasteiger partial charge in [-0.15, -0.1) is 0 Å². The third-order valence-corrected chi connectivity index (χ3v) is 2.66. The Labute approximate surface area is 116 Å². The van der Waals surface area contributed by atoms with Gasteiger partial charge in [0.2, 0.25) is 0 Å². The molecule has 108 valence electrons. The van der Waals surface area contributed by atoms with E-state index in [1.807, 2.05) is 0 Å². The molecule has 2 N–H and O–H groups in total. The molecule has 0 saturated carbocycles. The minimum atomic E-state index is -1.08. The number of pyridine rings is 1. The zero-order valence-corrected chi connectivity index (χ0v) is 11.6. The Morgan fingerprint density at radius 2 is 2.00 bits per heavy atom. The van der Waals surface area contributed by atoms with E-state index in [-0.39, 0.29) is 29.8 Å². The van der Waals surface area contributed by atoms with Crippen LogP contribution in [-0.2, 0) is 4.79 Å². The highest BCUT2D eigenvalue weighted by Gasteiger charge is 2.21. The minimum Gasteiger partial charge on any atom is -0.480 e. The van der Waals surface area contributed by atoms with Crippen LogP contribution in [0.3, 0.4) is 0 Å². The topological polar surface area (TPSA) is 99.6 Å². The van der Waals surface area contributed by atoms with Crippen molar-refractivity contribution in [3.63, 3.8) is 0 Å². The summed E-state index contributed by atoms with van der Waals surface area (Å²) in [5.41, 5.74) is 0.436. The van der Waals surface area contributed by atoms with E-state index in [2.05, 4.69) is 10.3 Å². The van der Waals surface area contributed by atoms with E-state index in [0.29, 0.717) is 0 Å². The van der Waals surface area contributed by atoms with Crippen LogP contribution in [0.4, 0.5) is 0 Å². The quantitative estimate of drug-likeness (QED) is 0.811. The molecule has 20 heavy (non-hydrogen) atoms. The minimum absolute atomic E-state index is 0.193. The smallest absolute Gasteiger partial charge is 0.323 e. The fourth-order valence-electron chi connectivity index (χ4n) is 1.58. The van der Waals surface area contributed by atoms with Crippen molar-refractivity contribution in [1.29, 1.82) is 0 Å². The molecule has 0 fully saturated rings. The number of aromatic nitrogens is 1. The van der Waals surface area contributed by atoms with Gasteiger partial charge >= 0.3 is 5.97 Å². The van der Waals surface area contributed by atoms with Crippen LogP contribution in [-0.4, -0.2) is 52.4 Å². The van der Waals surface area contributed by atoms with E-state index in [4.69, 9.17) is 5.11 Å². The first-order chi connectivity index (χ1) is 9.36. The van der Waals surface area contributed by atoms with Crippen molar-refractivity contribution in [2.24, 2.45) is 0 Å². The lowest BCUT2D eigenvalue weighted by Crippen LogP contribution is -2.40. The van der Waals surface area contributed by atoms with Crippen LogP contribution in [0, 0.1) is 0 Å². The first kappa shape index (κ1) is 15.6. The summed E-state index contributed by atoms with van der Waals surface area (Å²) in [5, 5.41) is 11.2. The van der Waals surface area contributed by atoms with Crippen LogP contribution >= 0.6 is 0 Å². The second-order valence-electron chi connectivity index (χ2n) is 4.43. The van der Waals surface area contributed by atoms with Crippen LogP contribution in [0.15, 0.2) is 18.3 Å². The molecule has 0 saturated heterocycles. The summed E-state index contributed by atoms with van der Waals surface area (Å²) in [5.74, 6) is -1.87. The average molecular weight is 279 g/mol. The van der Waals surface area contributed by atoms with Crippen LogP contribution in [0.25, 0.3) is 0 Å². The van der Waals surface area contributed by atoms with E-state index in [9.17, 15) is 14.4 Å². The van der Waals surface area contributed by atoms with E-state index < -0.39 is 11.9 Å². The number of hydrogen-bond acceptors (Lipinski definition) is 4. The van der Waals surface area contributed by atoms with Gasteiger partial charge in [-0.05, 0) is 26.0 Å². The summed E-state index contributed by atoms with van der Waals surface area (Å²) in [6.45, 7) is 3.08. The second kappa shape index (κ2) is 6.65. The normalized spacial score (nSPS) is 10.2. The van der Waals surface area contributed by atoms with Gasteiger partial charge < -0.3 is 15.3 Å². The molecule has 0 aliphatic heterocycles. The summed E-state index contributed by atoms with van der Waals surface area (Å²) in [4.78, 5) is 39.4. The van der Waals surface area contributed by atoms with Gasteiger partial charge in [0.25, 0.3) is 11.8 Å². The molecule has 0 spiro atoms. The fourth-order valence-corrected chi connectivity index (χ4v) is 1.58. The van der Waals surface area contributed by atoms with Gasteiger partial charge in [-0.2, -0.15) is 0 Å². The summed E-state index contributed by atoms with van der Waals surface area (Å²) in [6, 6.07) is 2.62. The number of nitrogens with zero attached hydrogens (tertiary/aromatic N) is 2. The van der Waals surface area contributed by atoms with Crippen LogP contribution in [0.5, 0.6) is 0 Å². The third kappa shape index (κ3) is 3.78. The molecule has 1 heterocycles. The maximum Gasteiger partial charge on any atom is 0.323 e. The maximum atomic E-state index is 12.2. The summed E-state index contributed by atoms with van der Waals surface area (Å²) in [7, 11) is 1.48. The Morgan fingerprint density at radius 1 is 1.35 bits per heavy atom. The molecule has 0 aromatic carbocycles. The van der Waals surface area contributed by atoms with Crippen molar-refractivity contribution in [3.05, 3.63) is 29.6 Å². The molecular formula is C13H17N3O4. The predicted molar refractivity (Wildman–Crippen MR) is 71.4 cm³/mol. The van der Waals surface area contributed by atoms with Gasteiger partial charge in [-0.25, -0.2) is 0 Å². The summed E-state index contributed by atoms with van der Waals surface area (Å²) in [6.07, 6.45) is 1.27. The molecule has 7 nitrogen and oxygen atoms in total. The highest BCUT2D eigenvalue weighted by molar-refractivity contribution is 5.97. The maximum absolute atomic E-state index is 12.2. The molecule has 0 atom stereocenters. The molecule has 1 aromatic rings. The van der Waals surface area contributed by atoms with Gasteiger partial charge in [0.05, 0.1) is 5.56 Å². The zero-order chi connectivity index (χ0) is 15.3. The van der Waals surface area contributed by atoms with Gasteiger partial charge in [-0.3, -0.25) is 19.4 Å². The number of nitrogens with one attached hydrogen (secondary N) is 1. The Hall–Kier alpha value is -2.44.